The highest BCUT2D eigenvalue weighted by Gasteiger charge is 2.42. The van der Waals surface area contributed by atoms with Gasteiger partial charge in [-0.3, -0.25) is 14.7 Å². The normalized spacial score (nSPS) is 17.8. The summed E-state index contributed by atoms with van der Waals surface area (Å²) in [4.78, 5) is 33.5. The zero-order valence-corrected chi connectivity index (χ0v) is 18.3. The molecule has 0 saturated heterocycles. The number of hydrogen-bond acceptors (Lipinski definition) is 4. The average Bonchev–Trinajstić information content (AvgIpc) is 3.17. The Morgan fingerprint density at radius 2 is 1.79 bits per heavy atom. The molecule has 0 spiro atoms. The highest BCUT2D eigenvalue weighted by molar-refractivity contribution is 6.01. The number of pyridine rings is 1. The van der Waals surface area contributed by atoms with Crippen LogP contribution in [-0.4, -0.2) is 40.3 Å². The second kappa shape index (κ2) is 8.78. The van der Waals surface area contributed by atoms with Crippen LogP contribution in [-0.2, 0) is 17.9 Å². The molecule has 3 heterocycles. The van der Waals surface area contributed by atoms with E-state index in [0.29, 0.717) is 31.0 Å². The van der Waals surface area contributed by atoms with Gasteiger partial charge in [0.2, 0.25) is 0 Å². The largest absolute Gasteiger partial charge is 0.489 e. The molecular weight excluding hydrogens is 416 g/mol. The van der Waals surface area contributed by atoms with Gasteiger partial charge in [0.15, 0.2) is 0 Å². The minimum atomic E-state index is -0.529. The molecule has 0 saturated carbocycles. The van der Waals surface area contributed by atoms with Gasteiger partial charge in [0.1, 0.15) is 12.4 Å². The van der Waals surface area contributed by atoms with Crippen molar-refractivity contribution in [3.63, 3.8) is 0 Å². The highest BCUT2D eigenvalue weighted by atomic mass is 16.5. The second-order valence-corrected chi connectivity index (χ2v) is 8.17. The Morgan fingerprint density at radius 1 is 1.00 bits per heavy atom. The smallest absolute Gasteiger partial charge is 0.322 e. The predicted molar refractivity (Wildman–Crippen MR) is 123 cm³/mol. The lowest BCUT2D eigenvalue weighted by molar-refractivity contribution is -0.126. The summed E-state index contributed by atoms with van der Waals surface area (Å²) in [6, 6.07) is 20.5. The minimum Gasteiger partial charge on any atom is -0.489 e. The van der Waals surface area contributed by atoms with Crippen molar-refractivity contribution in [1.82, 2.24) is 20.1 Å². The van der Waals surface area contributed by atoms with Gasteiger partial charge in [-0.25, -0.2) is 4.79 Å². The van der Waals surface area contributed by atoms with Gasteiger partial charge in [0.05, 0.1) is 23.9 Å². The van der Waals surface area contributed by atoms with E-state index < -0.39 is 6.04 Å². The van der Waals surface area contributed by atoms with Crippen LogP contribution in [0.4, 0.5) is 4.79 Å². The molecule has 0 bridgehead atoms. The van der Waals surface area contributed by atoms with Crippen molar-refractivity contribution in [2.24, 2.45) is 0 Å². The van der Waals surface area contributed by atoms with Crippen LogP contribution in [0.3, 0.4) is 0 Å². The number of urea groups is 1. The van der Waals surface area contributed by atoms with E-state index in [1.54, 1.807) is 24.3 Å². The van der Waals surface area contributed by atoms with Crippen molar-refractivity contribution in [2.75, 3.05) is 13.6 Å². The van der Waals surface area contributed by atoms with Gasteiger partial charge in [-0.05, 0) is 41.0 Å². The van der Waals surface area contributed by atoms with Crippen LogP contribution in [0.15, 0.2) is 90.4 Å². The van der Waals surface area contributed by atoms with Crippen molar-refractivity contribution < 1.29 is 14.3 Å². The van der Waals surface area contributed by atoms with E-state index in [0.717, 1.165) is 22.4 Å². The number of aromatic nitrogens is 1. The van der Waals surface area contributed by atoms with Crippen molar-refractivity contribution in [2.45, 2.75) is 19.2 Å². The number of likely N-dealkylation sites (N-methyl/N-ethyl adjacent to an activating group) is 1. The fraction of sp³-hybridized carbons (Fsp3) is 0.192. The number of hydrogen-bond donors (Lipinski definition) is 1. The quantitative estimate of drug-likeness (QED) is 0.635. The third-order valence-corrected chi connectivity index (χ3v) is 6.00. The molecule has 2 aromatic carbocycles. The van der Waals surface area contributed by atoms with E-state index in [4.69, 9.17) is 4.74 Å². The van der Waals surface area contributed by atoms with Crippen LogP contribution in [0.25, 0.3) is 0 Å². The number of nitrogens with one attached hydrogen (secondary N) is 1. The number of ether oxygens (including phenoxy) is 1. The van der Waals surface area contributed by atoms with Gasteiger partial charge >= 0.3 is 6.03 Å². The third-order valence-electron chi connectivity index (χ3n) is 6.00. The lowest BCUT2D eigenvalue weighted by Crippen LogP contribution is -2.45. The summed E-state index contributed by atoms with van der Waals surface area (Å²) in [5, 5.41) is 2.99. The fourth-order valence-corrected chi connectivity index (χ4v) is 4.23. The molecule has 1 aromatic heterocycles. The van der Waals surface area contributed by atoms with Gasteiger partial charge in [-0.2, -0.15) is 0 Å². The lowest BCUT2D eigenvalue weighted by atomic mass is 9.95. The Bertz CT molecular complexity index is 1210. The Hall–Kier alpha value is -4.13. The van der Waals surface area contributed by atoms with E-state index in [1.165, 1.54) is 4.90 Å². The number of rotatable bonds is 6. The van der Waals surface area contributed by atoms with E-state index in [9.17, 15) is 9.59 Å². The van der Waals surface area contributed by atoms with E-state index in [2.05, 4.69) is 10.3 Å². The first-order chi connectivity index (χ1) is 16.1. The number of amides is 3. The summed E-state index contributed by atoms with van der Waals surface area (Å²) in [5.41, 5.74) is 4.21. The Labute approximate surface area is 192 Å². The molecule has 1 unspecified atom stereocenters. The summed E-state index contributed by atoms with van der Waals surface area (Å²) >= 11 is 0. The van der Waals surface area contributed by atoms with Crippen molar-refractivity contribution in [3.8, 4) is 5.75 Å². The zero-order valence-electron chi connectivity index (χ0n) is 18.3. The van der Waals surface area contributed by atoms with Crippen LogP contribution >= 0.6 is 0 Å². The standard InChI is InChI=1S/C26H24N4O3/c1-29-22-16-30(15-18-10-12-27-13-11-18)25(31)23(22)24(28-26(29)32)20-8-5-9-21(14-20)33-17-19-6-3-2-4-7-19/h2-14,24H,15-17H2,1H3,(H,28,32). The second-order valence-electron chi connectivity index (χ2n) is 8.17. The van der Waals surface area contributed by atoms with Crippen LogP contribution < -0.4 is 10.1 Å². The predicted octanol–water partition coefficient (Wildman–Crippen LogP) is 3.65. The topological polar surface area (TPSA) is 74.8 Å². The molecule has 1 N–H and O–H groups in total. The van der Waals surface area contributed by atoms with Crippen LogP contribution in [0, 0.1) is 0 Å². The Balaban J connectivity index is 1.40. The fourth-order valence-electron chi connectivity index (χ4n) is 4.23. The summed E-state index contributed by atoms with van der Waals surface area (Å²) in [5.74, 6) is 0.611. The SMILES string of the molecule is CN1C(=O)NC(c2cccc(OCc3ccccc3)c2)C2=C1CN(Cc1ccncc1)C2=O. The molecule has 2 aliphatic heterocycles. The number of carbonyl (C=O) groups excluding carboxylic acids is 2. The third kappa shape index (κ3) is 4.17. The Morgan fingerprint density at radius 3 is 2.58 bits per heavy atom. The van der Waals surface area contributed by atoms with E-state index >= 15 is 0 Å². The van der Waals surface area contributed by atoms with Crippen molar-refractivity contribution in [3.05, 3.63) is 107 Å². The molecule has 0 aliphatic carbocycles. The summed E-state index contributed by atoms with van der Waals surface area (Å²) in [7, 11) is 1.70. The maximum Gasteiger partial charge on any atom is 0.322 e. The molecule has 5 rings (SSSR count). The molecule has 166 valence electrons. The summed E-state index contributed by atoms with van der Waals surface area (Å²) in [6.45, 7) is 1.29. The molecule has 7 heteroatoms. The van der Waals surface area contributed by atoms with Crippen molar-refractivity contribution in [1.29, 1.82) is 0 Å². The molecule has 0 radical (unpaired) electrons. The molecular formula is C26H24N4O3. The molecule has 0 fully saturated rings. The first-order valence-corrected chi connectivity index (χ1v) is 10.8. The van der Waals surface area contributed by atoms with Crippen LogP contribution in [0.1, 0.15) is 22.7 Å². The van der Waals surface area contributed by atoms with Crippen LogP contribution in [0.5, 0.6) is 5.75 Å². The van der Waals surface area contributed by atoms with E-state index in [1.807, 2.05) is 66.7 Å². The summed E-state index contributed by atoms with van der Waals surface area (Å²) < 4.78 is 5.97. The molecule has 7 nitrogen and oxygen atoms in total. The molecule has 1 atom stereocenters. The maximum atomic E-state index is 13.4. The van der Waals surface area contributed by atoms with Gasteiger partial charge < -0.3 is 15.0 Å². The molecule has 33 heavy (non-hydrogen) atoms. The molecule has 3 amide bonds. The first-order valence-electron chi connectivity index (χ1n) is 10.8. The van der Waals surface area contributed by atoms with Gasteiger partial charge in [-0.1, -0.05) is 42.5 Å². The number of benzene rings is 2. The monoisotopic (exact) mass is 440 g/mol. The van der Waals surface area contributed by atoms with Crippen LogP contribution in [0.2, 0.25) is 0 Å². The van der Waals surface area contributed by atoms with Crippen molar-refractivity contribution >= 4 is 11.9 Å². The number of nitrogens with zero attached hydrogens (tertiary/aromatic N) is 3. The van der Waals surface area contributed by atoms with Gasteiger partial charge in [0.25, 0.3) is 5.91 Å². The zero-order chi connectivity index (χ0) is 22.8. The maximum absolute atomic E-state index is 13.4. The molecule has 3 aromatic rings. The van der Waals surface area contributed by atoms with Gasteiger partial charge in [0, 0.05) is 26.0 Å². The molecule has 2 aliphatic rings. The van der Waals surface area contributed by atoms with Gasteiger partial charge in [-0.15, -0.1) is 0 Å². The van der Waals surface area contributed by atoms with E-state index in [-0.39, 0.29) is 11.9 Å². The highest BCUT2D eigenvalue weighted by Crippen LogP contribution is 2.37. The summed E-state index contributed by atoms with van der Waals surface area (Å²) in [6.07, 6.45) is 3.42. The number of carbonyl (C=O) groups is 2. The average molecular weight is 441 g/mol. The minimum absolute atomic E-state index is 0.0748. The first kappa shape index (κ1) is 20.8. The lowest BCUT2D eigenvalue weighted by Gasteiger charge is -2.31. The Kier molecular flexibility index (Phi) is 5.52.